The number of carbonyl (C=O) groups is 1. The molecule has 8 heteroatoms. The Morgan fingerprint density at radius 1 is 1.56 bits per heavy atom. The van der Waals surface area contributed by atoms with E-state index in [0.717, 1.165) is 7.11 Å². The molecule has 16 heavy (non-hydrogen) atoms. The van der Waals surface area contributed by atoms with Gasteiger partial charge in [0.1, 0.15) is 10.6 Å². The number of allylic oxidation sites excluding steroid dienone is 2. The standard InChI is InChI=1S/C8H6ClF3NO3/c1-16-7(14)6-5(9)2-4(3-13(6)15)8(10,11)12/h2-3,6H,1H3/q+1. The molecule has 0 bridgehead atoms. The monoisotopic (exact) mass is 256 g/mol. The third-order valence-corrected chi connectivity index (χ3v) is 2.14. The number of rotatable bonds is 1. The number of carbonyl (C=O) groups excluding carboxylic acids is 1. The van der Waals surface area contributed by atoms with Crippen molar-refractivity contribution in [1.29, 1.82) is 0 Å². The zero-order valence-corrected chi connectivity index (χ0v) is 8.67. The van der Waals surface area contributed by atoms with Gasteiger partial charge in [-0.05, 0) is 6.08 Å². The Balaban J connectivity index is 3.07. The predicted molar refractivity (Wildman–Crippen MR) is 47.5 cm³/mol. The van der Waals surface area contributed by atoms with E-state index >= 15 is 0 Å². The maximum Gasteiger partial charge on any atom is 0.422 e. The van der Waals surface area contributed by atoms with Crippen LogP contribution in [0.5, 0.6) is 0 Å². The molecule has 1 aliphatic rings. The van der Waals surface area contributed by atoms with Crippen molar-refractivity contribution in [3.63, 3.8) is 0 Å². The number of hydrogen-bond acceptors (Lipinski definition) is 3. The lowest BCUT2D eigenvalue weighted by molar-refractivity contribution is -0.501. The lowest BCUT2D eigenvalue weighted by Crippen LogP contribution is -2.34. The molecule has 0 saturated carbocycles. The first-order valence-electron chi connectivity index (χ1n) is 3.96. The van der Waals surface area contributed by atoms with E-state index in [1.165, 1.54) is 0 Å². The van der Waals surface area contributed by atoms with Gasteiger partial charge in [-0.3, -0.25) is 0 Å². The van der Waals surface area contributed by atoms with Gasteiger partial charge in [-0.1, -0.05) is 11.6 Å². The van der Waals surface area contributed by atoms with Crippen LogP contribution in [-0.4, -0.2) is 30.1 Å². The summed E-state index contributed by atoms with van der Waals surface area (Å²) in [5.74, 6) is -1.02. The summed E-state index contributed by atoms with van der Waals surface area (Å²) < 4.78 is 40.8. The Bertz CT molecular complexity index is 400. The minimum Gasteiger partial charge on any atom is -0.464 e. The van der Waals surface area contributed by atoms with Crippen LogP contribution >= 0.6 is 11.6 Å². The molecule has 0 fully saturated rings. The molecule has 0 saturated heterocycles. The fourth-order valence-corrected chi connectivity index (χ4v) is 1.38. The number of alkyl halides is 3. The van der Waals surface area contributed by atoms with Gasteiger partial charge < -0.3 is 4.74 Å². The molecule has 1 aliphatic heterocycles. The summed E-state index contributed by atoms with van der Waals surface area (Å²) in [6.45, 7) is 0. The van der Waals surface area contributed by atoms with Gasteiger partial charge in [0.2, 0.25) is 6.20 Å². The molecule has 0 amide bonds. The van der Waals surface area contributed by atoms with Gasteiger partial charge in [0.15, 0.2) is 0 Å². The zero-order chi connectivity index (χ0) is 12.5. The van der Waals surface area contributed by atoms with Gasteiger partial charge in [0.25, 0.3) is 0 Å². The largest absolute Gasteiger partial charge is 0.464 e. The van der Waals surface area contributed by atoms with Crippen LogP contribution in [0.2, 0.25) is 0 Å². The fraction of sp³-hybridized carbons (Fsp3) is 0.375. The number of esters is 1. The molecule has 0 aromatic rings. The van der Waals surface area contributed by atoms with Crippen LogP contribution in [0, 0.1) is 4.91 Å². The fourth-order valence-electron chi connectivity index (χ4n) is 1.08. The van der Waals surface area contributed by atoms with E-state index in [0.29, 0.717) is 6.08 Å². The van der Waals surface area contributed by atoms with Gasteiger partial charge >= 0.3 is 18.2 Å². The number of halogens is 4. The summed E-state index contributed by atoms with van der Waals surface area (Å²) in [4.78, 5) is 22.2. The first-order chi connectivity index (χ1) is 7.27. The quantitative estimate of drug-likeness (QED) is 0.532. The highest BCUT2D eigenvalue weighted by Gasteiger charge is 2.45. The molecule has 0 N–H and O–H groups in total. The Hall–Kier alpha value is -1.37. The van der Waals surface area contributed by atoms with E-state index in [1.807, 2.05) is 0 Å². The second-order valence-electron chi connectivity index (χ2n) is 2.90. The van der Waals surface area contributed by atoms with Gasteiger partial charge in [0, 0.05) is 4.91 Å². The normalized spacial score (nSPS) is 21.3. The third kappa shape index (κ3) is 2.41. The average Bonchev–Trinajstić information content (AvgIpc) is 2.14. The van der Waals surface area contributed by atoms with Gasteiger partial charge in [-0.25, -0.2) is 4.79 Å². The molecular weight excluding hydrogens is 251 g/mol. The molecule has 1 unspecified atom stereocenters. The number of nitrogens with zero attached hydrogens (tertiary/aromatic N) is 1. The van der Waals surface area contributed by atoms with Crippen LogP contribution in [0.3, 0.4) is 0 Å². The maximum absolute atomic E-state index is 12.2. The number of ether oxygens (including phenoxy) is 1. The van der Waals surface area contributed by atoms with Crippen LogP contribution < -0.4 is 0 Å². The third-order valence-electron chi connectivity index (χ3n) is 1.83. The maximum atomic E-state index is 12.2. The number of methoxy groups -OCH3 is 1. The SMILES string of the molecule is COC(=O)C1C(Cl)=CC(C(F)(F)F)=C[N+]1=O. The summed E-state index contributed by atoms with van der Waals surface area (Å²) in [5, 5.41) is -0.531. The van der Waals surface area contributed by atoms with Gasteiger partial charge in [-0.2, -0.15) is 13.2 Å². The van der Waals surface area contributed by atoms with Crippen molar-refractivity contribution >= 4 is 17.6 Å². The summed E-state index contributed by atoms with van der Waals surface area (Å²) in [6, 6.07) is -1.57. The van der Waals surface area contributed by atoms with Crippen LogP contribution in [-0.2, 0) is 9.53 Å². The van der Waals surface area contributed by atoms with E-state index in [2.05, 4.69) is 4.74 Å². The molecule has 0 aliphatic carbocycles. The highest BCUT2D eigenvalue weighted by Crippen LogP contribution is 2.32. The summed E-state index contributed by atoms with van der Waals surface area (Å²) in [6.07, 6.45) is -3.91. The van der Waals surface area contributed by atoms with E-state index < -0.39 is 28.8 Å². The Morgan fingerprint density at radius 2 is 2.12 bits per heavy atom. The Labute approximate surface area is 92.9 Å². The predicted octanol–water partition coefficient (Wildman–Crippen LogP) is 1.89. The second kappa shape index (κ2) is 4.25. The zero-order valence-electron chi connectivity index (χ0n) is 7.92. The minimum atomic E-state index is -4.69. The van der Waals surface area contributed by atoms with Crippen LogP contribution in [0.4, 0.5) is 13.2 Å². The van der Waals surface area contributed by atoms with E-state index in [9.17, 15) is 22.9 Å². The minimum absolute atomic E-state index is 0.184. The lowest BCUT2D eigenvalue weighted by Gasteiger charge is -2.12. The summed E-state index contributed by atoms with van der Waals surface area (Å²) in [5.41, 5.74) is -1.22. The van der Waals surface area contributed by atoms with Crippen LogP contribution in [0.25, 0.3) is 0 Å². The first-order valence-corrected chi connectivity index (χ1v) is 4.34. The number of nitroso groups, excluding NO2 is 1. The molecule has 88 valence electrons. The van der Waals surface area contributed by atoms with Crippen molar-refractivity contribution < 1.29 is 27.5 Å². The van der Waals surface area contributed by atoms with Crippen molar-refractivity contribution in [2.24, 2.45) is 0 Å². The topological polar surface area (TPSA) is 46.4 Å². The molecule has 0 aromatic carbocycles. The smallest absolute Gasteiger partial charge is 0.422 e. The molecule has 1 rings (SSSR count). The molecule has 1 heterocycles. The molecule has 4 nitrogen and oxygen atoms in total. The Kier molecular flexibility index (Phi) is 3.37. The van der Waals surface area contributed by atoms with Crippen molar-refractivity contribution in [2.75, 3.05) is 7.11 Å². The highest BCUT2D eigenvalue weighted by molar-refractivity contribution is 6.32. The molecule has 0 aromatic heterocycles. The van der Waals surface area contributed by atoms with E-state index in [-0.39, 0.29) is 11.0 Å². The van der Waals surface area contributed by atoms with Crippen molar-refractivity contribution in [3.05, 3.63) is 27.8 Å². The first kappa shape index (κ1) is 12.7. The summed E-state index contributed by atoms with van der Waals surface area (Å²) >= 11 is 5.43. The van der Waals surface area contributed by atoms with Gasteiger partial charge in [-0.15, -0.1) is 0 Å². The molecular formula is C8H6ClF3NO3+. The number of hydrogen-bond donors (Lipinski definition) is 0. The molecule has 0 spiro atoms. The van der Waals surface area contributed by atoms with Gasteiger partial charge in [0.05, 0.1) is 11.9 Å². The van der Waals surface area contributed by atoms with E-state index in [4.69, 9.17) is 11.6 Å². The van der Waals surface area contributed by atoms with Crippen molar-refractivity contribution in [2.45, 2.75) is 12.2 Å². The second-order valence-corrected chi connectivity index (χ2v) is 3.33. The van der Waals surface area contributed by atoms with Crippen molar-refractivity contribution in [1.82, 2.24) is 0 Å². The lowest BCUT2D eigenvalue weighted by atomic mass is 10.1. The molecule has 0 radical (unpaired) electrons. The molecule has 1 atom stereocenters. The van der Waals surface area contributed by atoms with Crippen LogP contribution in [0.1, 0.15) is 0 Å². The summed E-state index contributed by atoms with van der Waals surface area (Å²) in [7, 11) is 1.00. The van der Waals surface area contributed by atoms with Crippen molar-refractivity contribution in [3.8, 4) is 0 Å². The van der Waals surface area contributed by atoms with Crippen LogP contribution in [0.15, 0.2) is 22.9 Å². The average molecular weight is 257 g/mol. The highest BCUT2D eigenvalue weighted by atomic mass is 35.5. The van der Waals surface area contributed by atoms with E-state index in [1.54, 1.807) is 0 Å². The Morgan fingerprint density at radius 3 is 2.50 bits per heavy atom.